The molecule has 0 atom stereocenters. The zero-order valence-corrected chi connectivity index (χ0v) is 27.7. The van der Waals surface area contributed by atoms with Gasteiger partial charge >= 0.3 is 0 Å². The molecule has 8 rings (SSSR count). The van der Waals surface area contributed by atoms with Gasteiger partial charge in [-0.05, 0) is 73.8 Å². The summed E-state index contributed by atoms with van der Waals surface area (Å²) in [5, 5.41) is 0. The van der Waals surface area contributed by atoms with Gasteiger partial charge in [-0.25, -0.2) is 4.99 Å². The van der Waals surface area contributed by atoms with E-state index in [1.807, 2.05) is 12.1 Å². The number of hydrogen-bond donors (Lipinski definition) is 0. The Bertz CT molecular complexity index is 2310. The molecule has 0 bridgehead atoms. The van der Waals surface area contributed by atoms with Gasteiger partial charge in [0.25, 0.3) is 0 Å². The molecule has 0 heterocycles. The highest BCUT2D eigenvalue weighted by atomic mass is 14.7. The minimum absolute atomic E-state index is 0.908. The summed E-state index contributed by atoms with van der Waals surface area (Å²) in [5.74, 6) is 0. The fourth-order valence-electron chi connectivity index (χ4n) is 6.79. The van der Waals surface area contributed by atoms with E-state index in [0.29, 0.717) is 0 Å². The Morgan fingerprint density at radius 2 is 0.600 bits per heavy atom. The normalized spacial score (nSPS) is 10.8. The number of benzene rings is 8. The lowest BCUT2D eigenvalue weighted by Gasteiger charge is -2.24. The lowest BCUT2D eigenvalue weighted by Crippen LogP contribution is -2.02. The van der Waals surface area contributed by atoms with Crippen molar-refractivity contribution in [2.24, 2.45) is 4.99 Å². The monoisotopic (exact) mass is 637 g/mol. The van der Waals surface area contributed by atoms with Crippen LogP contribution in [-0.2, 0) is 0 Å². The van der Waals surface area contributed by atoms with E-state index in [-0.39, 0.29) is 0 Å². The second-order valence-electron chi connectivity index (χ2n) is 12.3. The van der Waals surface area contributed by atoms with Gasteiger partial charge < -0.3 is 0 Å². The first-order valence-corrected chi connectivity index (χ1v) is 17.1. The molecule has 0 saturated heterocycles. The molecule has 236 valence electrons. The SMILES string of the molecule is c1ccc(C(=Nc2ccc(-c3cc(-c4ccccc4)c(-c4ccccc4)c(-c4ccccc4)c3-c3ccccc3)cc2)c2ccccc2)cc1. The Morgan fingerprint density at radius 3 is 1.00 bits per heavy atom. The van der Waals surface area contributed by atoms with E-state index in [1.165, 1.54) is 50.1 Å². The zero-order valence-electron chi connectivity index (χ0n) is 27.7. The van der Waals surface area contributed by atoms with E-state index in [4.69, 9.17) is 4.99 Å². The van der Waals surface area contributed by atoms with Crippen LogP contribution in [0.5, 0.6) is 0 Å². The van der Waals surface area contributed by atoms with Crippen LogP contribution < -0.4 is 0 Å². The smallest absolute Gasteiger partial charge is 0.0781 e. The Morgan fingerprint density at radius 1 is 0.280 bits per heavy atom. The van der Waals surface area contributed by atoms with Gasteiger partial charge in [-0.1, -0.05) is 194 Å². The second-order valence-corrected chi connectivity index (χ2v) is 12.3. The third-order valence-electron chi connectivity index (χ3n) is 9.11. The van der Waals surface area contributed by atoms with Crippen molar-refractivity contribution in [1.82, 2.24) is 0 Å². The Balaban J connectivity index is 1.39. The van der Waals surface area contributed by atoms with Crippen LogP contribution in [0, 0.1) is 0 Å². The number of hydrogen-bond acceptors (Lipinski definition) is 1. The number of rotatable bonds is 8. The van der Waals surface area contributed by atoms with Crippen molar-refractivity contribution in [2.45, 2.75) is 0 Å². The molecule has 0 fully saturated rings. The van der Waals surface area contributed by atoms with Crippen molar-refractivity contribution < 1.29 is 0 Å². The van der Waals surface area contributed by atoms with E-state index in [9.17, 15) is 0 Å². The first kappa shape index (κ1) is 30.7. The molecule has 0 aliphatic rings. The molecule has 0 saturated carbocycles. The van der Waals surface area contributed by atoms with Crippen LogP contribution in [0.4, 0.5) is 5.69 Å². The molecule has 1 nitrogen and oxygen atoms in total. The van der Waals surface area contributed by atoms with Gasteiger partial charge in [-0.2, -0.15) is 0 Å². The predicted octanol–water partition coefficient (Wildman–Crippen LogP) is 13.2. The Labute approximate surface area is 294 Å². The van der Waals surface area contributed by atoms with Crippen molar-refractivity contribution in [3.8, 4) is 55.6 Å². The van der Waals surface area contributed by atoms with Crippen LogP contribution in [-0.4, -0.2) is 5.71 Å². The fraction of sp³-hybridized carbons (Fsp3) is 0. The highest BCUT2D eigenvalue weighted by Crippen LogP contribution is 2.50. The maximum absolute atomic E-state index is 5.22. The van der Waals surface area contributed by atoms with E-state index >= 15 is 0 Å². The molecule has 0 aliphatic carbocycles. The summed E-state index contributed by atoms with van der Waals surface area (Å²) in [4.78, 5) is 5.22. The van der Waals surface area contributed by atoms with E-state index in [2.05, 4.69) is 200 Å². The standard InChI is InChI=1S/C49H35N/c1-7-19-36(20-8-1)44-35-45(37-31-33-43(34-32-37)50-49(41-27-15-5-16-28-41)42-29-17-6-18-30-42)47(39-23-11-3-12-24-39)48(40-25-13-4-14-26-40)46(44)38-21-9-2-10-22-38/h1-35H. The van der Waals surface area contributed by atoms with Crippen molar-refractivity contribution in [1.29, 1.82) is 0 Å². The predicted molar refractivity (Wildman–Crippen MR) is 212 cm³/mol. The fourth-order valence-corrected chi connectivity index (χ4v) is 6.79. The van der Waals surface area contributed by atoms with Gasteiger partial charge in [-0.3, -0.25) is 0 Å². The van der Waals surface area contributed by atoms with E-state index in [0.717, 1.165) is 28.1 Å². The summed E-state index contributed by atoms with van der Waals surface area (Å²) < 4.78 is 0. The summed E-state index contributed by atoms with van der Waals surface area (Å²) in [6.07, 6.45) is 0. The first-order valence-electron chi connectivity index (χ1n) is 17.1. The lowest BCUT2D eigenvalue weighted by molar-refractivity contribution is 1.47. The van der Waals surface area contributed by atoms with Crippen LogP contribution in [0.25, 0.3) is 55.6 Å². The van der Waals surface area contributed by atoms with Crippen LogP contribution in [0.15, 0.2) is 217 Å². The lowest BCUT2D eigenvalue weighted by atomic mass is 9.79. The van der Waals surface area contributed by atoms with Gasteiger partial charge in [0.2, 0.25) is 0 Å². The second kappa shape index (κ2) is 14.3. The van der Waals surface area contributed by atoms with Gasteiger partial charge in [0, 0.05) is 11.1 Å². The Hall–Kier alpha value is -6.57. The molecule has 0 aromatic heterocycles. The average molecular weight is 638 g/mol. The van der Waals surface area contributed by atoms with Gasteiger partial charge in [0.15, 0.2) is 0 Å². The maximum Gasteiger partial charge on any atom is 0.0781 e. The molecule has 0 N–H and O–H groups in total. The topological polar surface area (TPSA) is 12.4 Å². The van der Waals surface area contributed by atoms with Crippen molar-refractivity contribution in [3.05, 3.63) is 223 Å². The highest BCUT2D eigenvalue weighted by Gasteiger charge is 2.23. The van der Waals surface area contributed by atoms with Crippen LogP contribution in [0.3, 0.4) is 0 Å². The van der Waals surface area contributed by atoms with Crippen LogP contribution >= 0.6 is 0 Å². The third kappa shape index (κ3) is 6.33. The zero-order chi connectivity index (χ0) is 33.5. The van der Waals surface area contributed by atoms with Gasteiger partial charge in [-0.15, -0.1) is 0 Å². The van der Waals surface area contributed by atoms with Gasteiger partial charge in [0.05, 0.1) is 11.4 Å². The maximum atomic E-state index is 5.22. The minimum Gasteiger partial charge on any atom is -0.248 e. The summed E-state index contributed by atoms with van der Waals surface area (Å²) in [5.41, 5.74) is 15.9. The molecule has 0 radical (unpaired) electrons. The van der Waals surface area contributed by atoms with E-state index in [1.54, 1.807) is 0 Å². The minimum atomic E-state index is 0.908. The van der Waals surface area contributed by atoms with Crippen molar-refractivity contribution in [3.63, 3.8) is 0 Å². The third-order valence-corrected chi connectivity index (χ3v) is 9.11. The first-order chi connectivity index (χ1) is 24.8. The molecule has 8 aromatic carbocycles. The molecule has 50 heavy (non-hydrogen) atoms. The quantitative estimate of drug-likeness (QED) is 0.147. The van der Waals surface area contributed by atoms with E-state index < -0.39 is 0 Å². The molecule has 8 aromatic rings. The summed E-state index contributed by atoms with van der Waals surface area (Å²) >= 11 is 0. The number of nitrogens with zero attached hydrogens (tertiary/aromatic N) is 1. The summed E-state index contributed by atoms with van der Waals surface area (Å²) in [6.45, 7) is 0. The summed E-state index contributed by atoms with van der Waals surface area (Å²) in [6, 6.07) is 75.2. The highest BCUT2D eigenvalue weighted by molar-refractivity contribution is 6.14. The molecule has 1 heteroatoms. The molecule has 0 spiro atoms. The summed E-state index contributed by atoms with van der Waals surface area (Å²) in [7, 11) is 0. The molecule has 0 amide bonds. The number of aliphatic imine (C=N–C) groups is 1. The molecule has 0 aliphatic heterocycles. The molecular formula is C49H35N. The molecular weight excluding hydrogens is 603 g/mol. The average Bonchev–Trinajstić information content (AvgIpc) is 3.21. The van der Waals surface area contributed by atoms with Crippen molar-refractivity contribution in [2.75, 3.05) is 0 Å². The largest absolute Gasteiger partial charge is 0.248 e. The molecule has 0 unspecified atom stereocenters. The van der Waals surface area contributed by atoms with Crippen LogP contribution in [0.1, 0.15) is 11.1 Å². The van der Waals surface area contributed by atoms with Crippen LogP contribution in [0.2, 0.25) is 0 Å². The van der Waals surface area contributed by atoms with Gasteiger partial charge in [0.1, 0.15) is 0 Å². The van der Waals surface area contributed by atoms with Crippen molar-refractivity contribution >= 4 is 11.4 Å². The Kier molecular flexibility index (Phi) is 8.78.